The Morgan fingerprint density at radius 1 is 1.21 bits per heavy atom. The Morgan fingerprint density at radius 3 is 2.68 bits per heavy atom. The molecule has 0 fully saturated rings. The lowest BCUT2D eigenvalue weighted by Crippen LogP contribution is -2.24. The maximum atomic E-state index is 12.0. The lowest BCUT2D eigenvalue weighted by Gasteiger charge is -2.07. The van der Waals surface area contributed by atoms with Crippen molar-refractivity contribution in [2.45, 2.75) is 52.4 Å². The van der Waals surface area contributed by atoms with Gasteiger partial charge in [0.2, 0.25) is 0 Å². The summed E-state index contributed by atoms with van der Waals surface area (Å²) in [7, 11) is 0. The quantitative estimate of drug-likeness (QED) is 0.709. The van der Waals surface area contributed by atoms with Gasteiger partial charge in [-0.05, 0) is 25.0 Å². The molecule has 0 radical (unpaired) electrons. The average Bonchev–Trinajstić information content (AvgIpc) is 2.38. The van der Waals surface area contributed by atoms with Crippen molar-refractivity contribution < 1.29 is 4.79 Å². The summed E-state index contributed by atoms with van der Waals surface area (Å²) >= 11 is 0. The molecule has 106 valence electrons. The summed E-state index contributed by atoms with van der Waals surface area (Å²) in [5.41, 5.74) is 7.24. The number of unbranched alkanes of at least 4 members (excludes halogenated alkanes) is 3. The van der Waals surface area contributed by atoms with Gasteiger partial charge in [-0.15, -0.1) is 0 Å². The van der Waals surface area contributed by atoms with Gasteiger partial charge in [0.05, 0.1) is 0 Å². The molecular weight excluding hydrogens is 238 g/mol. The van der Waals surface area contributed by atoms with E-state index in [0.29, 0.717) is 11.4 Å². The van der Waals surface area contributed by atoms with Gasteiger partial charge in [-0.3, -0.25) is 4.79 Å². The van der Waals surface area contributed by atoms with Gasteiger partial charge in [0, 0.05) is 17.8 Å². The van der Waals surface area contributed by atoms with Crippen molar-refractivity contribution >= 4 is 11.7 Å². The summed E-state index contributed by atoms with van der Waals surface area (Å²) in [5, 5.41) is 2.93. The molecule has 1 aromatic heterocycles. The van der Waals surface area contributed by atoms with Gasteiger partial charge in [0.1, 0.15) is 5.82 Å². The number of amides is 1. The molecule has 0 atom stereocenters. The number of nitrogens with one attached hydrogen (secondary N) is 1. The maximum absolute atomic E-state index is 12.0. The molecule has 0 bridgehead atoms. The van der Waals surface area contributed by atoms with Gasteiger partial charge in [-0.1, -0.05) is 39.5 Å². The van der Waals surface area contributed by atoms with Crippen LogP contribution in [0.5, 0.6) is 0 Å². The first-order chi connectivity index (χ1) is 9.17. The highest BCUT2D eigenvalue weighted by Crippen LogP contribution is 2.09. The number of rotatable bonds is 8. The van der Waals surface area contributed by atoms with Crippen LogP contribution in [-0.4, -0.2) is 17.4 Å². The van der Waals surface area contributed by atoms with Crippen LogP contribution in [0.3, 0.4) is 0 Å². The SMILES string of the molecule is CCCCCCNC(=O)c1cc(N)nc(CCC)c1. The van der Waals surface area contributed by atoms with Crippen LogP contribution in [0.25, 0.3) is 0 Å². The monoisotopic (exact) mass is 263 g/mol. The molecule has 0 aromatic carbocycles. The fourth-order valence-corrected chi connectivity index (χ4v) is 1.98. The van der Waals surface area contributed by atoms with E-state index >= 15 is 0 Å². The number of hydrogen-bond donors (Lipinski definition) is 2. The smallest absolute Gasteiger partial charge is 0.251 e. The topological polar surface area (TPSA) is 68.0 Å². The van der Waals surface area contributed by atoms with E-state index in [1.165, 1.54) is 12.8 Å². The van der Waals surface area contributed by atoms with Gasteiger partial charge in [-0.2, -0.15) is 0 Å². The predicted octanol–water partition coefficient (Wildman–Crippen LogP) is 2.93. The van der Waals surface area contributed by atoms with Gasteiger partial charge in [0.15, 0.2) is 0 Å². The molecule has 1 rings (SSSR count). The van der Waals surface area contributed by atoms with Crippen LogP contribution in [0.15, 0.2) is 12.1 Å². The van der Waals surface area contributed by atoms with E-state index in [2.05, 4.69) is 24.1 Å². The number of aromatic nitrogens is 1. The van der Waals surface area contributed by atoms with Gasteiger partial charge >= 0.3 is 0 Å². The number of hydrogen-bond acceptors (Lipinski definition) is 3. The Morgan fingerprint density at radius 2 is 2.00 bits per heavy atom. The minimum atomic E-state index is -0.0528. The molecule has 0 saturated heterocycles. The van der Waals surface area contributed by atoms with E-state index in [9.17, 15) is 4.79 Å². The Hall–Kier alpha value is -1.58. The van der Waals surface area contributed by atoms with E-state index in [0.717, 1.165) is 37.9 Å². The van der Waals surface area contributed by atoms with Crippen LogP contribution >= 0.6 is 0 Å². The molecule has 1 heterocycles. The normalized spacial score (nSPS) is 10.4. The number of carbonyl (C=O) groups excluding carboxylic acids is 1. The fraction of sp³-hybridized carbons (Fsp3) is 0.600. The highest BCUT2D eigenvalue weighted by atomic mass is 16.1. The zero-order valence-corrected chi connectivity index (χ0v) is 12.0. The molecule has 4 heteroatoms. The fourth-order valence-electron chi connectivity index (χ4n) is 1.98. The molecule has 4 nitrogen and oxygen atoms in total. The van der Waals surface area contributed by atoms with Crippen LogP contribution in [-0.2, 0) is 6.42 Å². The Bertz CT molecular complexity index is 404. The zero-order chi connectivity index (χ0) is 14.1. The van der Waals surface area contributed by atoms with Crippen LogP contribution < -0.4 is 11.1 Å². The summed E-state index contributed by atoms with van der Waals surface area (Å²) in [4.78, 5) is 16.2. The Kier molecular flexibility index (Phi) is 6.93. The second-order valence-corrected chi connectivity index (χ2v) is 4.84. The van der Waals surface area contributed by atoms with E-state index in [1.807, 2.05) is 6.07 Å². The van der Waals surface area contributed by atoms with Crippen molar-refractivity contribution in [2.75, 3.05) is 12.3 Å². The number of nitrogen functional groups attached to an aromatic ring is 1. The number of aryl methyl sites for hydroxylation is 1. The third-order valence-corrected chi connectivity index (χ3v) is 2.98. The van der Waals surface area contributed by atoms with Crippen molar-refractivity contribution in [3.8, 4) is 0 Å². The molecule has 19 heavy (non-hydrogen) atoms. The molecule has 0 spiro atoms. The number of anilines is 1. The first-order valence-corrected chi connectivity index (χ1v) is 7.22. The summed E-state index contributed by atoms with van der Waals surface area (Å²) in [6.07, 6.45) is 6.46. The molecule has 3 N–H and O–H groups in total. The summed E-state index contributed by atoms with van der Waals surface area (Å²) in [6, 6.07) is 3.47. The van der Waals surface area contributed by atoms with Crippen LogP contribution in [0.2, 0.25) is 0 Å². The molecule has 0 aliphatic heterocycles. The minimum absolute atomic E-state index is 0.0528. The standard InChI is InChI=1S/C15H25N3O/c1-3-5-6-7-9-17-15(19)12-10-13(8-4-2)18-14(16)11-12/h10-11H,3-9H2,1-2H3,(H2,16,18)(H,17,19). The Labute approximate surface area is 115 Å². The van der Waals surface area contributed by atoms with E-state index < -0.39 is 0 Å². The molecule has 0 unspecified atom stereocenters. The molecule has 1 amide bonds. The van der Waals surface area contributed by atoms with Crippen molar-refractivity contribution in [1.29, 1.82) is 0 Å². The van der Waals surface area contributed by atoms with Gasteiger partial charge in [-0.25, -0.2) is 4.98 Å². The van der Waals surface area contributed by atoms with E-state index in [1.54, 1.807) is 6.07 Å². The third-order valence-electron chi connectivity index (χ3n) is 2.98. The first kappa shape index (κ1) is 15.5. The van der Waals surface area contributed by atoms with Crippen molar-refractivity contribution in [1.82, 2.24) is 10.3 Å². The maximum Gasteiger partial charge on any atom is 0.251 e. The first-order valence-electron chi connectivity index (χ1n) is 7.22. The highest BCUT2D eigenvalue weighted by molar-refractivity contribution is 5.94. The van der Waals surface area contributed by atoms with Crippen molar-refractivity contribution in [3.63, 3.8) is 0 Å². The zero-order valence-electron chi connectivity index (χ0n) is 12.0. The number of pyridine rings is 1. The number of nitrogens with two attached hydrogens (primary N) is 1. The number of carbonyl (C=O) groups is 1. The molecule has 0 aliphatic carbocycles. The van der Waals surface area contributed by atoms with Gasteiger partial charge in [0.25, 0.3) is 5.91 Å². The van der Waals surface area contributed by atoms with Crippen LogP contribution in [0.1, 0.15) is 62.0 Å². The summed E-state index contributed by atoms with van der Waals surface area (Å²) < 4.78 is 0. The summed E-state index contributed by atoms with van der Waals surface area (Å²) in [5.74, 6) is 0.366. The molecule has 0 saturated carbocycles. The van der Waals surface area contributed by atoms with Crippen LogP contribution in [0, 0.1) is 0 Å². The highest BCUT2D eigenvalue weighted by Gasteiger charge is 2.08. The molecule has 1 aromatic rings. The average molecular weight is 263 g/mol. The van der Waals surface area contributed by atoms with Crippen molar-refractivity contribution in [2.24, 2.45) is 0 Å². The number of nitrogens with zero attached hydrogens (tertiary/aromatic N) is 1. The molecular formula is C15H25N3O. The summed E-state index contributed by atoms with van der Waals surface area (Å²) in [6.45, 7) is 4.98. The third kappa shape index (κ3) is 5.73. The molecule has 0 aliphatic rings. The lowest BCUT2D eigenvalue weighted by atomic mass is 10.1. The van der Waals surface area contributed by atoms with E-state index in [4.69, 9.17) is 5.73 Å². The predicted molar refractivity (Wildman–Crippen MR) is 79.1 cm³/mol. The second-order valence-electron chi connectivity index (χ2n) is 4.84. The Balaban J connectivity index is 2.51. The lowest BCUT2D eigenvalue weighted by molar-refractivity contribution is 0.0952. The van der Waals surface area contributed by atoms with Crippen LogP contribution in [0.4, 0.5) is 5.82 Å². The van der Waals surface area contributed by atoms with Gasteiger partial charge < -0.3 is 11.1 Å². The minimum Gasteiger partial charge on any atom is -0.384 e. The van der Waals surface area contributed by atoms with Crippen molar-refractivity contribution in [3.05, 3.63) is 23.4 Å². The van der Waals surface area contributed by atoms with E-state index in [-0.39, 0.29) is 5.91 Å². The largest absolute Gasteiger partial charge is 0.384 e. The second kappa shape index (κ2) is 8.51.